The standard InChI is InChI=1S/C16H19NO2S/c1-16(2,3)19-15(18)17-11-12-7-4-5-8-13(12)14-9-6-10-20-14/h4-10H,11H2,1-3H3,(H,17,18). The fourth-order valence-corrected chi connectivity index (χ4v) is 2.62. The smallest absolute Gasteiger partial charge is 0.407 e. The Kier molecular flexibility index (Phi) is 4.45. The van der Waals surface area contributed by atoms with Crippen molar-refractivity contribution in [3.8, 4) is 10.4 Å². The Morgan fingerprint density at radius 2 is 1.95 bits per heavy atom. The molecule has 0 saturated heterocycles. The monoisotopic (exact) mass is 289 g/mol. The summed E-state index contributed by atoms with van der Waals surface area (Å²) in [7, 11) is 0. The van der Waals surface area contributed by atoms with Gasteiger partial charge in [0.25, 0.3) is 0 Å². The van der Waals surface area contributed by atoms with Crippen LogP contribution in [0.4, 0.5) is 4.79 Å². The molecule has 1 amide bonds. The van der Waals surface area contributed by atoms with E-state index in [-0.39, 0.29) is 0 Å². The number of hydrogen-bond acceptors (Lipinski definition) is 3. The number of carbonyl (C=O) groups is 1. The van der Waals surface area contributed by atoms with Crippen LogP contribution in [0.15, 0.2) is 41.8 Å². The summed E-state index contributed by atoms with van der Waals surface area (Å²) < 4.78 is 5.24. The van der Waals surface area contributed by atoms with Gasteiger partial charge >= 0.3 is 6.09 Å². The summed E-state index contributed by atoms with van der Waals surface area (Å²) in [4.78, 5) is 12.9. The maximum atomic E-state index is 11.7. The van der Waals surface area contributed by atoms with Crippen molar-refractivity contribution in [3.63, 3.8) is 0 Å². The third-order valence-corrected chi connectivity index (χ3v) is 3.53. The number of rotatable bonds is 3. The Balaban J connectivity index is 2.06. The fraction of sp³-hybridized carbons (Fsp3) is 0.312. The maximum absolute atomic E-state index is 11.7. The molecule has 106 valence electrons. The quantitative estimate of drug-likeness (QED) is 0.907. The van der Waals surface area contributed by atoms with Gasteiger partial charge in [0, 0.05) is 11.4 Å². The first-order valence-electron chi connectivity index (χ1n) is 6.54. The average Bonchev–Trinajstić information content (AvgIpc) is 2.88. The molecule has 3 nitrogen and oxygen atoms in total. The molecule has 0 bridgehead atoms. The first-order valence-corrected chi connectivity index (χ1v) is 7.42. The van der Waals surface area contributed by atoms with Crippen molar-refractivity contribution in [2.24, 2.45) is 0 Å². The van der Waals surface area contributed by atoms with Crippen LogP contribution in [0, 0.1) is 0 Å². The number of benzene rings is 1. The van der Waals surface area contributed by atoms with E-state index in [4.69, 9.17) is 4.74 Å². The molecule has 0 fully saturated rings. The number of carbonyl (C=O) groups excluding carboxylic acids is 1. The SMILES string of the molecule is CC(C)(C)OC(=O)NCc1ccccc1-c1cccs1. The maximum Gasteiger partial charge on any atom is 0.407 e. The molecular formula is C16H19NO2S. The van der Waals surface area contributed by atoms with Crippen molar-refractivity contribution in [3.05, 3.63) is 47.3 Å². The lowest BCUT2D eigenvalue weighted by molar-refractivity contribution is 0.0523. The largest absolute Gasteiger partial charge is 0.444 e. The van der Waals surface area contributed by atoms with Gasteiger partial charge in [-0.1, -0.05) is 30.3 Å². The van der Waals surface area contributed by atoms with Crippen LogP contribution in [-0.2, 0) is 11.3 Å². The lowest BCUT2D eigenvalue weighted by atomic mass is 10.1. The summed E-state index contributed by atoms with van der Waals surface area (Å²) in [5.74, 6) is 0. The Labute approximate surface area is 123 Å². The van der Waals surface area contributed by atoms with Crippen LogP contribution in [0.5, 0.6) is 0 Å². The van der Waals surface area contributed by atoms with Gasteiger partial charge in [-0.05, 0) is 43.3 Å². The van der Waals surface area contributed by atoms with Crippen LogP contribution in [0.2, 0.25) is 0 Å². The van der Waals surface area contributed by atoms with Gasteiger partial charge < -0.3 is 10.1 Å². The first kappa shape index (κ1) is 14.6. The molecule has 0 radical (unpaired) electrons. The van der Waals surface area contributed by atoms with Crippen LogP contribution < -0.4 is 5.32 Å². The molecule has 1 N–H and O–H groups in total. The number of nitrogens with one attached hydrogen (secondary N) is 1. The third kappa shape index (κ3) is 4.10. The van der Waals surface area contributed by atoms with Crippen LogP contribution >= 0.6 is 11.3 Å². The predicted molar refractivity (Wildman–Crippen MR) is 82.8 cm³/mol. The topological polar surface area (TPSA) is 38.3 Å². The van der Waals surface area contributed by atoms with Crippen molar-refractivity contribution in [1.82, 2.24) is 5.32 Å². The summed E-state index contributed by atoms with van der Waals surface area (Å²) >= 11 is 1.69. The van der Waals surface area contributed by atoms with Gasteiger partial charge in [0.15, 0.2) is 0 Å². The normalized spacial score (nSPS) is 11.2. The Bertz CT molecular complexity index is 570. The van der Waals surface area contributed by atoms with E-state index in [2.05, 4.69) is 17.4 Å². The Hall–Kier alpha value is -1.81. The molecule has 0 saturated carbocycles. The van der Waals surface area contributed by atoms with Gasteiger partial charge in [-0.3, -0.25) is 0 Å². The second-order valence-corrected chi connectivity index (χ2v) is 6.44. The zero-order valence-corrected chi connectivity index (χ0v) is 12.8. The molecule has 2 rings (SSSR count). The molecule has 2 aromatic rings. The number of ether oxygens (including phenoxy) is 1. The summed E-state index contributed by atoms with van der Waals surface area (Å²) in [6.07, 6.45) is -0.390. The minimum absolute atomic E-state index is 0.390. The molecule has 0 spiro atoms. The lowest BCUT2D eigenvalue weighted by Crippen LogP contribution is -2.32. The van der Waals surface area contributed by atoms with Crippen molar-refractivity contribution in [1.29, 1.82) is 0 Å². The predicted octanol–water partition coefficient (Wildman–Crippen LogP) is 4.44. The van der Waals surface area contributed by atoms with Crippen molar-refractivity contribution in [2.45, 2.75) is 32.9 Å². The van der Waals surface area contributed by atoms with Crippen molar-refractivity contribution < 1.29 is 9.53 Å². The number of amides is 1. The van der Waals surface area contributed by atoms with Crippen LogP contribution in [-0.4, -0.2) is 11.7 Å². The Morgan fingerprint density at radius 1 is 1.20 bits per heavy atom. The van der Waals surface area contributed by atoms with Gasteiger partial charge in [0.1, 0.15) is 5.60 Å². The van der Waals surface area contributed by atoms with Gasteiger partial charge in [0.05, 0.1) is 0 Å². The zero-order valence-electron chi connectivity index (χ0n) is 12.0. The highest BCUT2D eigenvalue weighted by Crippen LogP contribution is 2.27. The number of thiophene rings is 1. The summed E-state index contributed by atoms with van der Waals surface area (Å²) in [6, 6.07) is 12.2. The zero-order chi connectivity index (χ0) is 14.6. The van der Waals surface area contributed by atoms with E-state index in [1.54, 1.807) is 11.3 Å². The number of hydrogen-bond donors (Lipinski definition) is 1. The molecule has 0 aliphatic heterocycles. The number of alkyl carbamates (subject to hydrolysis) is 1. The van der Waals surface area contributed by atoms with Gasteiger partial charge in [-0.25, -0.2) is 4.79 Å². The van der Waals surface area contributed by atoms with E-state index >= 15 is 0 Å². The van der Waals surface area contributed by atoms with Crippen molar-refractivity contribution in [2.75, 3.05) is 0 Å². The second-order valence-electron chi connectivity index (χ2n) is 5.49. The molecule has 20 heavy (non-hydrogen) atoms. The molecule has 0 unspecified atom stereocenters. The van der Waals surface area contributed by atoms with E-state index in [0.717, 1.165) is 11.1 Å². The van der Waals surface area contributed by atoms with E-state index in [9.17, 15) is 4.79 Å². The van der Waals surface area contributed by atoms with Crippen LogP contribution in [0.1, 0.15) is 26.3 Å². The van der Waals surface area contributed by atoms with Crippen LogP contribution in [0.3, 0.4) is 0 Å². The van der Waals surface area contributed by atoms with E-state index in [0.29, 0.717) is 6.54 Å². The van der Waals surface area contributed by atoms with Gasteiger partial charge in [0.2, 0.25) is 0 Å². The highest BCUT2D eigenvalue weighted by atomic mass is 32.1. The minimum atomic E-state index is -0.475. The second kappa shape index (κ2) is 6.09. The molecule has 0 aliphatic rings. The Morgan fingerprint density at radius 3 is 2.60 bits per heavy atom. The van der Waals surface area contributed by atoms with E-state index < -0.39 is 11.7 Å². The minimum Gasteiger partial charge on any atom is -0.444 e. The molecule has 1 aromatic carbocycles. The summed E-state index contributed by atoms with van der Waals surface area (Å²) in [5, 5.41) is 4.85. The van der Waals surface area contributed by atoms with Crippen molar-refractivity contribution >= 4 is 17.4 Å². The lowest BCUT2D eigenvalue weighted by Gasteiger charge is -2.20. The molecule has 1 aromatic heterocycles. The van der Waals surface area contributed by atoms with Crippen LogP contribution in [0.25, 0.3) is 10.4 Å². The molecular weight excluding hydrogens is 270 g/mol. The van der Waals surface area contributed by atoms with E-state index in [1.165, 1.54) is 4.88 Å². The average molecular weight is 289 g/mol. The van der Waals surface area contributed by atoms with Gasteiger partial charge in [-0.2, -0.15) is 0 Å². The molecule has 1 heterocycles. The third-order valence-electron chi connectivity index (χ3n) is 2.63. The highest BCUT2D eigenvalue weighted by Gasteiger charge is 2.16. The van der Waals surface area contributed by atoms with Gasteiger partial charge in [-0.15, -0.1) is 11.3 Å². The summed E-state index contributed by atoms with van der Waals surface area (Å²) in [5.41, 5.74) is 1.76. The van der Waals surface area contributed by atoms with E-state index in [1.807, 2.05) is 50.4 Å². The molecule has 4 heteroatoms. The highest BCUT2D eigenvalue weighted by molar-refractivity contribution is 7.13. The summed E-state index contributed by atoms with van der Waals surface area (Å²) in [6.45, 7) is 6.02. The first-order chi connectivity index (χ1) is 9.46. The fourth-order valence-electron chi connectivity index (χ4n) is 1.83. The molecule has 0 atom stereocenters. The molecule has 0 aliphatic carbocycles.